The van der Waals surface area contributed by atoms with Gasteiger partial charge in [-0.25, -0.2) is 17.5 Å². The van der Waals surface area contributed by atoms with Crippen LogP contribution < -0.4 is 0 Å². The average Bonchev–Trinajstić information content (AvgIpc) is 2.64. The lowest BCUT2D eigenvalue weighted by atomic mass is 9.86. The molecule has 0 aromatic carbocycles. The quantitative estimate of drug-likeness (QED) is 0.795. The van der Waals surface area contributed by atoms with Gasteiger partial charge >= 0.3 is 6.03 Å². The van der Waals surface area contributed by atoms with E-state index in [9.17, 15) is 18.0 Å². The maximum atomic E-state index is 12.4. The third-order valence-electron chi connectivity index (χ3n) is 3.74. The second kappa shape index (κ2) is 5.35. The van der Waals surface area contributed by atoms with Gasteiger partial charge in [-0.05, 0) is 11.8 Å². The summed E-state index contributed by atoms with van der Waals surface area (Å²) < 4.78 is 24.2. The van der Waals surface area contributed by atoms with Gasteiger partial charge in [0, 0.05) is 5.92 Å². The highest BCUT2D eigenvalue weighted by Gasteiger charge is 2.49. The molecule has 0 spiro atoms. The molecule has 0 N–H and O–H groups in total. The first-order chi connectivity index (χ1) is 8.91. The summed E-state index contributed by atoms with van der Waals surface area (Å²) in [6.45, 7) is 9.33. The van der Waals surface area contributed by atoms with Crippen LogP contribution in [-0.4, -0.2) is 48.4 Å². The maximum absolute atomic E-state index is 12.4. The van der Waals surface area contributed by atoms with Gasteiger partial charge in [-0.3, -0.25) is 9.69 Å². The maximum Gasteiger partial charge on any atom is 0.340 e. The molecule has 3 amide bonds. The first-order valence-corrected chi connectivity index (χ1v) is 8.60. The smallest absolute Gasteiger partial charge is 0.274 e. The zero-order valence-electron chi connectivity index (χ0n) is 13.0. The first kappa shape index (κ1) is 16.9. The Balaban J connectivity index is 3.23. The zero-order chi connectivity index (χ0) is 15.9. The average molecular weight is 304 g/mol. The number of imide groups is 1. The minimum absolute atomic E-state index is 0.0311. The fourth-order valence-corrected chi connectivity index (χ4v) is 2.95. The Morgan fingerprint density at radius 3 is 2.25 bits per heavy atom. The van der Waals surface area contributed by atoms with Crippen molar-refractivity contribution < 1.29 is 18.0 Å². The lowest BCUT2D eigenvalue weighted by molar-refractivity contribution is -0.134. The molecule has 0 saturated carbocycles. The molecule has 0 aliphatic carbocycles. The van der Waals surface area contributed by atoms with E-state index in [4.69, 9.17) is 0 Å². The van der Waals surface area contributed by atoms with Crippen molar-refractivity contribution in [3.05, 3.63) is 0 Å². The SMILES string of the molecule is CC[C@H](C)C(=O)N1C(=O)N(S(C)(=O)=O)C[C@H]1C(C)(C)C. The number of carbonyl (C=O) groups is 2. The minimum Gasteiger partial charge on any atom is -0.274 e. The Morgan fingerprint density at radius 2 is 1.90 bits per heavy atom. The molecule has 1 fully saturated rings. The molecular formula is C13H24N2O4S. The molecule has 0 unspecified atom stereocenters. The summed E-state index contributed by atoms with van der Waals surface area (Å²) in [5, 5.41) is 0. The Bertz CT molecular complexity index is 507. The van der Waals surface area contributed by atoms with Crippen molar-refractivity contribution in [1.82, 2.24) is 9.21 Å². The fourth-order valence-electron chi connectivity index (χ4n) is 2.17. The number of amides is 3. The summed E-state index contributed by atoms with van der Waals surface area (Å²) in [6.07, 6.45) is 1.60. The zero-order valence-corrected chi connectivity index (χ0v) is 13.8. The van der Waals surface area contributed by atoms with E-state index in [2.05, 4.69) is 0 Å². The summed E-state index contributed by atoms with van der Waals surface area (Å²) in [5.74, 6) is -0.605. The standard InChI is InChI=1S/C13H24N2O4S/c1-7-9(2)11(16)15-10(13(3,4)5)8-14(12(15)17)20(6,18)19/h9-10H,7-8H2,1-6H3/t9-,10-/m0/s1. The largest absolute Gasteiger partial charge is 0.340 e. The molecule has 1 saturated heterocycles. The monoisotopic (exact) mass is 304 g/mol. The number of urea groups is 1. The lowest BCUT2D eigenvalue weighted by Crippen LogP contribution is -2.48. The van der Waals surface area contributed by atoms with Crippen LogP contribution >= 0.6 is 0 Å². The van der Waals surface area contributed by atoms with Crippen LogP contribution in [0, 0.1) is 11.3 Å². The summed E-state index contributed by atoms with van der Waals surface area (Å²) in [5.41, 5.74) is -0.377. The Morgan fingerprint density at radius 1 is 1.40 bits per heavy atom. The van der Waals surface area contributed by atoms with E-state index in [0.717, 1.165) is 15.5 Å². The van der Waals surface area contributed by atoms with Crippen molar-refractivity contribution in [3.8, 4) is 0 Å². The van der Waals surface area contributed by atoms with E-state index in [0.29, 0.717) is 6.42 Å². The molecule has 1 aliphatic heterocycles. The molecule has 1 heterocycles. The normalized spacial score (nSPS) is 22.3. The number of hydrogen-bond donors (Lipinski definition) is 0. The Kier molecular flexibility index (Phi) is 4.53. The Labute approximate surface area is 121 Å². The molecule has 0 aromatic heterocycles. The van der Waals surface area contributed by atoms with Crippen LogP contribution in [0.2, 0.25) is 0 Å². The number of carbonyl (C=O) groups excluding carboxylic acids is 2. The van der Waals surface area contributed by atoms with Gasteiger partial charge in [-0.15, -0.1) is 0 Å². The highest BCUT2D eigenvalue weighted by atomic mass is 32.2. The van der Waals surface area contributed by atoms with Gasteiger partial charge in [0.2, 0.25) is 15.9 Å². The molecule has 0 radical (unpaired) electrons. The molecular weight excluding hydrogens is 280 g/mol. The molecule has 116 valence electrons. The van der Waals surface area contributed by atoms with Gasteiger partial charge in [-0.1, -0.05) is 34.6 Å². The number of nitrogens with zero attached hydrogens (tertiary/aromatic N) is 2. The second-order valence-corrected chi connectivity index (χ2v) is 8.38. The van der Waals surface area contributed by atoms with Crippen molar-refractivity contribution in [2.45, 2.75) is 47.1 Å². The summed E-state index contributed by atoms with van der Waals surface area (Å²) >= 11 is 0. The second-order valence-electron chi connectivity index (χ2n) is 6.48. The summed E-state index contributed by atoms with van der Waals surface area (Å²) in [6, 6.07) is -1.16. The third-order valence-corrected chi connectivity index (χ3v) is 4.85. The van der Waals surface area contributed by atoms with Crippen LogP contribution in [0.4, 0.5) is 4.79 Å². The lowest BCUT2D eigenvalue weighted by Gasteiger charge is -2.33. The van der Waals surface area contributed by atoms with Gasteiger partial charge in [-0.2, -0.15) is 0 Å². The van der Waals surface area contributed by atoms with Gasteiger partial charge in [0.15, 0.2) is 0 Å². The van der Waals surface area contributed by atoms with E-state index < -0.39 is 22.1 Å². The molecule has 0 aromatic rings. The number of hydrogen-bond acceptors (Lipinski definition) is 4. The van der Waals surface area contributed by atoms with E-state index in [1.165, 1.54) is 0 Å². The van der Waals surface area contributed by atoms with Crippen LogP contribution in [-0.2, 0) is 14.8 Å². The van der Waals surface area contributed by atoms with Crippen molar-refractivity contribution in [2.75, 3.05) is 12.8 Å². The molecule has 1 rings (SSSR count). The molecule has 0 bridgehead atoms. The Hall–Kier alpha value is -1.11. The van der Waals surface area contributed by atoms with Crippen LogP contribution in [0.3, 0.4) is 0 Å². The van der Waals surface area contributed by atoms with Gasteiger partial charge < -0.3 is 0 Å². The molecule has 2 atom stereocenters. The van der Waals surface area contributed by atoms with Crippen LogP contribution in [0.25, 0.3) is 0 Å². The van der Waals surface area contributed by atoms with Crippen molar-refractivity contribution >= 4 is 22.0 Å². The highest BCUT2D eigenvalue weighted by Crippen LogP contribution is 2.33. The molecule has 6 nitrogen and oxygen atoms in total. The van der Waals surface area contributed by atoms with E-state index in [1.54, 1.807) is 6.92 Å². The van der Waals surface area contributed by atoms with Gasteiger partial charge in [0.25, 0.3) is 0 Å². The van der Waals surface area contributed by atoms with Crippen molar-refractivity contribution in [1.29, 1.82) is 0 Å². The summed E-state index contributed by atoms with van der Waals surface area (Å²) in [4.78, 5) is 25.9. The molecule has 7 heteroatoms. The van der Waals surface area contributed by atoms with E-state index in [-0.39, 0.29) is 23.8 Å². The molecule has 1 aliphatic rings. The van der Waals surface area contributed by atoms with E-state index >= 15 is 0 Å². The highest BCUT2D eigenvalue weighted by molar-refractivity contribution is 7.88. The van der Waals surface area contributed by atoms with Gasteiger partial charge in [0.1, 0.15) is 0 Å². The van der Waals surface area contributed by atoms with E-state index in [1.807, 2.05) is 27.7 Å². The number of rotatable bonds is 3. The minimum atomic E-state index is -3.65. The fraction of sp³-hybridized carbons (Fsp3) is 0.846. The van der Waals surface area contributed by atoms with Gasteiger partial charge in [0.05, 0.1) is 18.8 Å². The molecule has 20 heavy (non-hydrogen) atoms. The predicted octanol–water partition coefficient (Wildman–Crippen LogP) is 1.67. The van der Waals surface area contributed by atoms with Crippen LogP contribution in [0.5, 0.6) is 0 Å². The first-order valence-electron chi connectivity index (χ1n) is 6.76. The predicted molar refractivity (Wildman–Crippen MR) is 76.5 cm³/mol. The summed E-state index contributed by atoms with van der Waals surface area (Å²) in [7, 11) is -3.65. The topological polar surface area (TPSA) is 74.8 Å². The van der Waals surface area contributed by atoms with Crippen LogP contribution in [0.15, 0.2) is 0 Å². The number of sulfonamides is 1. The van der Waals surface area contributed by atoms with Crippen molar-refractivity contribution in [3.63, 3.8) is 0 Å². The third kappa shape index (κ3) is 3.13. The van der Waals surface area contributed by atoms with Crippen molar-refractivity contribution in [2.24, 2.45) is 11.3 Å². The van der Waals surface area contributed by atoms with Crippen LogP contribution in [0.1, 0.15) is 41.0 Å².